The molecule has 80 valence electrons. The van der Waals surface area contributed by atoms with Crippen LogP contribution >= 0.6 is 0 Å². The van der Waals surface area contributed by atoms with Gasteiger partial charge >= 0.3 is 0 Å². The van der Waals surface area contributed by atoms with Crippen molar-refractivity contribution < 1.29 is 5.11 Å². The van der Waals surface area contributed by atoms with Gasteiger partial charge in [-0.15, -0.1) is 12.3 Å². The summed E-state index contributed by atoms with van der Waals surface area (Å²) >= 11 is 0. The zero-order valence-electron chi connectivity index (χ0n) is 9.13. The Morgan fingerprint density at radius 3 is 2.93 bits per heavy atom. The second-order valence-corrected chi connectivity index (χ2v) is 4.50. The summed E-state index contributed by atoms with van der Waals surface area (Å²) < 4.78 is 0. The highest BCUT2D eigenvalue weighted by Gasteiger charge is 2.24. The molecule has 1 heterocycles. The molecule has 1 N–H and O–H groups in total. The molecule has 0 radical (unpaired) electrons. The maximum atomic E-state index is 9.88. The molecule has 1 aliphatic heterocycles. The van der Waals surface area contributed by atoms with E-state index >= 15 is 0 Å². The monoisotopic (exact) mass is 195 g/mol. The third-order valence-corrected chi connectivity index (χ3v) is 2.95. The first-order chi connectivity index (χ1) is 6.64. The van der Waals surface area contributed by atoms with Crippen molar-refractivity contribution in [3.05, 3.63) is 0 Å². The molecule has 0 saturated carbocycles. The first-order valence-electron chi connectivity index (χ1n) is 5.52. The number of unbranched alkanes of at least 4 members (excludes halogenated alkanes) is 1. The lowest BCUT2D eigenvalue weighted by Gasteiger charge is -2.22. The Kier molecular flexibility index (Phi) is 4.44. The number of nitrogens with zero attached hydrogens (tertiary/aromatic N) is 1. The molecule has 2 nitrogen and oxygen atoms in total. The molecule has 1 aliphatic rings. The van der Waals surface area contributed by atoms with Crippen LogP contribution in [0.1, 0.15) is 39.0 Å². The zero-order valence-corrected chi connectivity index (χ0v) is 9.13. The predicted molar refractivity (Wildman–Crippen MR) is 59.0 cm³/mol. The molecule has 1 atom stereocenters. The minimum atomic E-state index is -0.444. The van der Waals surface area contributed by atoms with Crippen LogP contribution in [0.2, 0.25) is 0 Å². The van der Waals surface area contributed by atoms with Gasteiger partial charge in [0.25, 0.3) is 0 Å². The molecule has 0 spiro atoms. The van der Waals surface area contributed by atoms with Crippen molar-refractivity contribution >= 4 is 0 Å². The standard InChI is InChI=1S/C12H21NO/c1-3-4-5-9-13-10-6-7-12(2,14)8-11-13/h1,14H,4-11H2,2H3. The average Bonchev–Trinajstić information content (AvgIpc) is 2.28. The van der Waals surface area contributed by atoms with Crippen LogP contribution in [0.5, 0.6) is 0 Å². The van der Waals surface area contributed by atoms with Gasteiger partial charge in [0.15, 0.2) is 0 Å². The molecular weight excluding hydrogens is 174 g/mol. The highest BCUT2D eigenvalue weighted by Crippen LogP contribution is 2.21. The third-order valence-electron chi connectivity index (χ3n) is 2.95. The summed E-state index contributed by atoms with van der Waals surface area (Å²) in [6.45, 7) is 5.15. The SMILES string of the molecule is C#CCCCN1CCCC(C)(O)CC1. The predicted octanol–water partition coefficient (Wildman–Crippen LogP) is 1.64. The van der Waals surface area contributed by atoms with Gasteiger partial charge in [0.05, 0.1) is 5.60 Å². The molecule has 0 aromatic rings. The smallest absolute Gasteiger partial charge is 0.0632 e. The van der Waals surface area contributed by atoms with Gasteiger partial charge in [-0.05, 0) is 45.7 Å². The Morgan fingerprint density at radius 2 is 2.21 bits per heavy atom. The molecule has 0 aromatic carbocycles. The molecule has 14 heavy (non-hydrogen) atoms. The van der Waals surface area contributed by atoms with Crippen molar-refractivity contribution in [1.82, 2.24) is 4.90 Å². The van der Waals surface area contributed by atoms with Crippen molar-refractivity contribution in [2.24, 2.45) is 0 Å². The molecule has 0 amide bonds. The normalized spacial score (nSPS) is 29.5. The van der Waals surface area contributed by atoms with Crippen LogP contribution in [-0.4, -0.2) is 35.2 Å². The minimum Gasteiger partial charge on any atom is -0.390 e. The fourth-order valence-electron chi connectivity index (χ4n) is 1.95. The molecule has 2 heteroatoms. The van der Waals surface area contributed by atoms with Crippen molar-refractivity contribution in [3.63, 3.8) is 0 Å². The second-order valence-electron chi connectivity index (χ2n) is 4.50. The van der Waals surface area contributed by atoms with Crippen LogP contribution in [0.4, 0.5) is 0 Å². The molecule has 0 bridgehead atoms. The van der Waals surface area contributed by atoms with Crippen molar-refractivity contribution in [3.8, 4) is 12.3 Å². The zero-order chi connectivity index (χ0) is 10.4. The van der Waals surface area contributed by atoms with Gasteiger partial charge in [-0.3, -0.25) is 0 Å². The Balaban J connectivity index is 2.25. The van der Waals surface area contributed by atoms with Gasteiger partial charge < -0.3 is 10.0 Å². The third kappa shape index (κ3) is 4.13. The van der Waals surface area contributed by atoms with Crippen LogP contribution in [0.3, 0.4) is 0 Å². The van der Waals surface area contributed by atoms with Gasteiger partial charge in [0.1, 0.15) is 0 Å². The summed E-state index contributed by atoms with van der Waals surface area (Å²) in [6.07, 6.45) is 10.1. The van der Waals surface area contributed by atoms with Crippen molar-refractivity contribution in [2.45, 2.75) is 44.6 Å². The lowest BCUT2D eigenvalue weighted by atomic mass is 9.98. The Morgan fingerprint density at radius 1 is 1.43 bits per heavy atom. The molecule has 0 aliphatic carbocycles. The number of rotatable bonds is 3. The Hall–Kier alpha value is -0.520. The molecule has 1 fully saturated rings. The molecule has 0 aromatic heterocycles. The van der Waals surface area contributed by atoms with E-state index in [1.54, 1.807) is 0 Å². The molecule has 1 saturated heterocycles. The van der Waals surface area contributed by atoms with E-state index < -0.39 is 5.60 Å². The highest BCUT2D eigenvalue weighted by molar-refractivity contribution is 4.84. The highest BCUT2D eigenvalue weighted by atomic mass is 16.3. The van der Waals surface area contributed by atoms with Gasteiger partial charge in [-0.25, -0.2) is 0 Å². The van der Waals surface area contributed by atoms with E-state index in [1.807, 2.05) is 6.92 Å². The first-order valence-corrected chi connectivity index (χ1v) is 5.52. The van der Waals surface area contributed by atoms with Gasteiger partial charge in [0.2, 0.25) is 0 Å². The summed E-state index contributed by atoms with van der Waals surface area (Å²) in [5.74, 6) is 2.66. The molecule has 1 unspecified atom stereocenters. The lowest BCUT2D eigenvalue weighted by molar-refractivity contribution is 0.0446. The topological polar surface area (TPSA) is 23.5 Å². The summed E-state index contributed by atoms with van der Waals surface area (Å²) in [5, 5.41) is 9.88. The van der Waals surface area contributed by atoms with E-state index in [2.05, 4.69) is 10.8 Å². The van der Waals surface area contributed by atoms with Crippen LogP contribution < -0.4 is 0 Å². The fourth-order valence-corrected chi connectivity index (χ4v) is 1.95. The second kappa shape index (κ2) is 5.38. The van der Waals surface area contributed by atoms with Crippen molar-refractivity contribution in [2.75, 3.05) is 19.6 Å². The van der Waals surface area contributed by atoms with Crippen LogP contribution in [0, 0.1) is 12.3 Å². The summed E-state index contributed by atoms with van der Waals surface area (Å²) in [7, 11) is 0. The van der Waals surface area contributed by atoms with Crippen LogP contribution in [-0.2, 0) is 0 Å². The van der Waals surface area contributed by atoms with E-state index in [4.69, 9.17) is 6.42 Å². The molecule has 1 rings (SSSR count). The number of likely N-dealkylation sites (tertiary alicyclic amines) is 1. The lowest BCUT2D eigenvalue weighted by Crippen LogP contribution is -2.29. The van der Waals surface area contributed by atoms with Gasteiger partial charge in [-0.2, -0.15) is 0 Å². The maximum Gasteiger partial charge on any atom is 0.0632 e. The average molecular weight is 195 g/mol. The van der Waals surface area contributed by atoms with Gasteiger partial charge in [-0.1, -0.05) is 0 Å². The summed E-state index contributed by atoms with van der Waals surface area (Å²) in [4.78, 5) is 2.42. The first kappa shape index (κ1) is 11.6. The quantitative estimate of drug-likeness (QED) is 0.546. The summed E-state index contributed by atoms with van der Waals surface area (Å²) in [5.41, 5.74) is -0.444. The van der Waals surface area contributed by atoms with E-state index in [1.165, 1.54) is 0 Å². The maximum absolute atomic E-state index is 9.88. The summed E-state index contributed by atoms with van der Waals surface area (Å²) in [6, 6.07) is 0. The number of hydrogen-bond acceptors (Lipinski definition) is 2. The number of terminal acetylenes is 1. The van der Waals surface area contributed by atoms with E-state index in [0.717, 1.165) is 51.7 Å². The van der Waals surface area contributed by atoms with Crippen LogP contribution in [0.25, 0.3) is 0 Å². The van der Waals surface area contributed by atoms with Crippen molar-refractivity contribution in [1.29, 1.82) is 0 Å². The number of hydrogen-bond donors (Lipinski definition) is 1. The van der Waals surface area contributed by atoms with Gasteiger partial charge in [0, 0.05) is 13.0 Å². The Bertz CT molecular complexity index is 205. The minimum absolute atomic E-state index is 0.444. The largest absolute Gasteiger partial charge is 0.390 e. The van der Waals surface area contributed by atoms with E-state index in [-0.39, 0.29) is 0 Å². The number of aliphatic hydroxyl groups is 1. The van der Waals surface area contributed by atoms with E-state index in [9.17, 15) is 5.11 Å². The van der Waals surface area contributed by atoms with E-state index in [0.29, 0.717) is 0 Å². The molecular formula is C12H21NO. The Labute approximate surface area is 87.3 Å². The van der Waals surface area contributed by atoms with Crippen LogP contribution in [0.15, 0.2) is 0 Å². The fraction of sp³-hybridized carbons (Fsp3) is 0.833.